The molecule has 1 aliphatic rings. The van der Waals surface area contributed by atoms with Gasteiger partial charge in [0.1, 0.15) is 11.6 Å². The lowest BCUT2D eigenvalue weighted by atomic mass is 10.1. The van der Waals surface area contributed by atoms with Crippen LogP contribution in [0.5, 0.6) is 0 Å². The molecule has 0 aromatic heterocycles. The first-order chi connectivity index (χ1) is 13.6. The first-order valence-electron chi connectivity index (χ1n) is 8.88. The molecule has 10 heteroatoms. The fourth-order valence-electron chi connectivity index (χ4n) is 2.92. The molecule has 0 spiro atoms. The smallest absolute Gasteiger partial charge is 0.338 e. The Morgan fingerprint density at radius 1 is 1.31 bits per heavy atom. The Morgan fingerprint density at radius 2 is 1.93 bits per heavy atom. The van der Waals surface area contributed by atoms with E-state index in [1.165, 1.54) is 35.5 Å². The molecule has 2 atom stereocenters. The molecule has 2 N–H and O–H groups in total. The number of morpholine rings is 1. The Morgan fingerprint density at radius 3 is 2.48 bits per heavy atom. The van der Waals surface area contributed by atoms with E-state index in [9.17, 15) is 18.0 Å². The molecule has 2 unspecified atom stereocenters. The SMILES string of the molecule is CC(N)=C(C#N)C(=O)COC(=O)c1cccc(S(=O)(=O)N2CC(C)OC(C)C2)c1. The van der Waals surface area contributed by atoms with Crippen molar-refractivity contribution in [1.82, 2.24) is 4.31 Å². The molecule has 1 fully saturated rings. The predicted molar refractivity (Wildman–Crippen MR) is 103 cm³/mol. The van der Waals surface area contributed by atoms with E-state index in [0.29, 0.717) is 0 Å². The highest BCUT2D eigenvalue weighted by Gasteiger charge is 2.32. The fourth-order valence-corrected chi connectivity index (χ4v) is 4.55. The second-order valence-electron chi connectivity index (χ2n) is 6.78. The minimum absolute atomic E-state index is 0.0237. The van der Waals surface area contributed by atoms with E-state index >= 15 is 0 Å². The Labute approximate surface area is 169 Å². The van der Waals surface area contributed by atoms with Gasteiger partial charge < -0.3 is 15.2 Å². The highest BCUT2D eigenvalue weighted by atomic mass is 32.2. The summed E-state index contributed by atoms with van der Waals surface area (Å²) in [6.07, 6.45) is -0.498. The van der Waals surface area contributed by atoms with Crippen LogP contribution in [-0.2, 0) is 24.3 Å². The number of benzene rings is 1. The van der Waals surface area contributed by atoms with E-state index in [-0.39, 0.29) is 47.0 Å². The number of ketones is 1. The van der Waals surface area contributed by atoms with Gasteiger partial charge in [0.05, 0.1) is 22.7 Å². The van der Waals surface area contributed by atoms with E-state index in [2.05, 4.69) is 0 Å². The van der Waals surface area contributed by atoms with E-state index in [0.717, 1.165) is 0 Å². The lowest BCUT2D eigenvalue weighted by Gasteiger charge is -2.34. The van der Waals surface area contributed by atoms with Gasteiger partial charge in [-0.05, 0) is 39.0 Å². The van der Waals surface area contributed by atoms with E-state index in [4.69, 9.17) is 20.5 Å². The van der Waals surface area contributed by atoms with Gasteiger partial charge in [0, 0.05) is 18.8 Å². The van der Waals surface area contributed by atoms with Crippen LogP contribution >= 0.6 is 0 Å². The van der Waals surface area contributed by atoms with Crippen molar-refractivity contribution in [3.63, 3.8) is 0 Å². The first kappa shape index (κ1) is 22.5. The van der Waals surface area contributed by atoms with Crippen LogP contribution in [0.2, 0.25) is 0 Å². The second-order valence-corrected chi connectivity index (χ2v) is 8.71. The summed E-state index contributed by atoms with van der Waals surface area (Å²) in [4.78, 5) is 24.1. The van der Waals surface area contributed by atoms with E-state index < -0.39 is 28.4 Å². The number of nitrogens with two attached hydrogens (primary N) is 1. The number of nitriles is 1. The molecule has 1 aromatic carbocycles. The lowest BCUT2D eigenvalue weighted by molar-refractivity contribution is -0.118. The van der Waals surface area contributed by atoms with E-state index in [1.807, 2.05) is 0 Å². The van der Waals surface area contributed by atoms with Crippen LogP contribution in [0.3, 0.4) is 0 Å². The van der Waals surface area contributed by atoms with Gasteiger partial charge in [-0.2, -0.15) is 9.57 Å². The summed E-state index contributed by atoms with van der Waals surface area (Å²) in [6, 6.07) is 7.04. The first-order valence-corrected chi connectivity index (χ1v) is 10.3. The van der Waals surface area contributed by atoms with Crippen molar-refractivity contribution in [2.75, 3.05) is 19.7 Å². The zero-order valence-electron chi connectivity index (χ0n) is 16.4. The summed E-state index contributed by atoms with van der Waals surface area (Å²) < 4.78 is 37.6. The number of sulfonamides is 1. The number of allylic oxidation sites excluding steroid dienone is 1. The van der Waals surface area contributed by atoms with Crippen molar-refractivity contribution < 1.29 is 27.5 Å². The molecule has 1 heterocycles. The second kappa shape index (κ2) is 9.17. The summed E-state index contributed by atoms with van der Waals surface area (Å²) in [5.41, 5.74) is 5.15. The highest BCUT2D eigenvalue weighted by molar-refractivity contribution is 7.89. The number of hydrogen-bond acceptors (Lipinski definition) is 8. The van der Waals surface area contributed by atoms with Crippen molar-refractivity contribution in [1.29, 1.82) is 5.26 Å². The predicted octanol–water partition coefficient (Wildman–Crippen LogP) is 0.967. The largest absolute Gasteiger partial charge is 0.454 e. The topological polar surface area (TPSA) is 140 Å². The molecule has 0 saturated carbocycles. The van der Waals surface area contributed by atoms with Gasteiger partial charge in [0.15, 0.2) is 6.61 Å². The summed E-state index contributed by atoms with van der Waals surface area (Å²) in [7, 11) is -3.83. The van der Waals surface area contributed by atoms with Gasteiger partial charge in [-0.3, -0.25) is 4.79 Å². The van der Waals surface area contributed by atoms with Crippen LogP contribution in [0.1, 0.15) is 31.1 Å². The van der Waals surface area contributed by atoms with Gasteiger partial charge in [-0.25, -0.2) is 13.2 Å². The van der Waals surface area contributed by atoms with Gasteiger partial charge in [-0.15, -0.1) is 0 Å². The van der Waals surface area contributed by atoms with Crippen LogP contribution in [-0.4, -0.2) is 56.4 Å². The average Bonchev–Trinajstić information content (AvgIpc) is 2.65. The number of ether oxygens (including phenoxy) is 2. The van der Waals surface area contributed by atoms with Crippen LogP contribution in [0.25, 0.3) is 0 Å². The van der Waals surface area contributed by atoms with Crippen molar-refractivity contribution in [2.45, 2.75) is 37.9 Å². The summed E-state index contributed by atoms with van der Waals surface area (Å²) in [6.45, 7) is 4.70. The Bertz CT molecular complexity index is 966. The van der Waals surface area contributed by atoms with E-state index in [1.54, 1.807) is 19.9 Å². The average molecular weight is 421 g/mol. The Kier molecular flexibility index (Phi) is 7.13. The molecular weight excluding hydrogens is 398 g/mol. The molecule has 0 bridgehead atoms. The van der Waals surface area contributed by atoms with Crippen molar-refractivity contribution in [2.24, 2.45) is 5.73 Å². The van der Waals surface area contributed by atoms with Gasteiger partial charge >= 0.3 is 5.97 Å². The standard InChI is InChI=1S/C19H23N3O6S/c1-12-9-22(10-13(2)28-12)29(25,26)16-6-4-5-15(7-16)19(24)27-11-18(23)17(8-20)14(3)21/h4-7,12-13H,9-11,21H2,1-3H3. The number of Topliss-reactive ketones (excluding diaryl/α,β-unsaturated/α-hetero) is 1. The van der Waals surface area contributed by atoms with Crippen LogP contribution in [0, 0.1) is 11.3 Å². The Balaban J connectivity index is 2.16. The monoisotopic (exact) mass is 421 g/mol. The lowest BCUT2D eigenvalue weighted by Crippen LogP contribution is -2.48. The molecule has 0 radical (unpaired) electrons. The molecule has 1 saturated heterocycles. The maximum atomic E-state index is 12.9. The van der Waals surface area contributed by atoms with Crippen LogP contribution in [0.4, 0.5) is 0 Å². The molecule has 9 nitrogen and oxygen atoms in total. The third-order valence-electron chi connectivity index (χ3n) is 4.21. The highest BCUT2D eigenvalue weighted by Crippen LogP contribution is 2.22. The number of carbonyl (C=O) groups excluding carboxylic acids is 2. The summed E-state index contributed by atoms with van der Waals surface area (Å²) >= 11 is 0. The number of carbonyl (C=O) groups is 2. The maximum Gasteiger partial charge on any atom is 0.338 e. The van der Waals surface area contributed by atoms with Crippen molar-refractivity contribution >= 4 is 21.8 Å². The number of hydrogen-bond donors (Lipinski definition) is 1. The van der Waals surface area contributed by atoms with Crippen LogP contribution < -0.4 is 5.73 Å². The summed E-state index contributed by atoms with van der Waals surface area (Å²) in [5, 5.41) is 8.91. The minimum atomic E-state index is -3.83. The molecule has 29 heavy (non-hydrogen) atoms. The Hall–Kier alpha value is -2.74. The minimum Gasteiger partial charge on any atom is -0.454 e. The number of rotatable bonds is 6. The number of nitrogens with zero attached hydrogens (tertiary/aromatic N) is 2. The molecule has 1 aliphatic heterocycles. The normalized spacial score (nSPS) is 21.0. The summed E-state index contributed by atoms with van der Waals surface area (Å²) in [5.74, 6) is -1.62. The zero-order valence-corrected chi connectivity index (χ0v) is 17.2. The molecule has 2 rings (SSSR count). The molecule has 0 aliphatic carbocycles. The molecule has 156 valence electrons. The van der Waals surface area contributed by atoms with Gasteiger partial charge in [-0.1, -0.05) is 6.07 Å². The third-order valence-corrected chi connectivity index (χ3v) is 6.04. The van der Waals surface area contributed by atoms with Gasteiger partial charge in [0.2, 0.25) is 15.8 Å². The fraction of sp³-hybridized carbons (Fsp3) is 0.421. The molecular formula is C19H23N3O6S. The van der Waals surface area contributed by atoms with Crippen molar-refractivity contribution in [3.8, 4) is 6.07 Å². The maximum absolute atomic E-state index is 12.9. The third kappa shape index (κ3) is 5.41. The number of esters is 1. The molecule has 1 aromatic rings. The van der Waals surface area contributed by atoms with Gasteiger partial charge in [0.25, 0.3) is 0 Å². The molecule has 0 amide bonds. The van der Waals surface area contributed by atoms with Crippen molar-refractivity contribution in [3.05, 3.63) is 41.1 Å². The zero-order chi connectivity index (χ0) is 21.8. The van der Waals surface area contributed by atoms with Crippen LogP contribution in [0.15, 0.2) is 40.4 Å². The quantitative estimate of drug-likeness (QED) is 0.407.